The first-order valence-electron chi connectivity index (χ1n) is 6.43. The average molecular weight is 266 g/mol. The van der Waals surface area contributed by atoms with E-state index in [9.17, 15) is 4.79 Å². The second-order valence-electron chi connectivity index (χ2n) is 4.76. The van der Waals surface area contributed by atoms with E-state index in [-0.39, 0.29) is 0 Å². The van der Waals surface area contributed by atoms with Gasteiger partial charge >= 0.3 is 5.97 Å². The molecule has 1 aromatic heterocycles. The van der Waals surface area contributed by atoms with Crippen molar-refractivity contribution in [2.75, 3.05) is 5.32 Å². The topological polar surface area (TPSA) is 62.2 Å². The number of hydrogen-bond donors (Lipinski definition) is 2. The van der Waals surface area contributed by atoms with Crippen LogP contribution in [0.3, 0.4) is 0 Å². The van der Waals surface area contributed by atoms with Crippen LogP contribution in [0.4, 0.5) is 5.82 Å². The highest BCUT2D eigenvalue weighted by Gasteiger charge is 2.11. The third-order valence-electron chi connectivity index (χ3n) is 3.32. The van der Waals surface area contributed by atoms with E-state index in [4.69, 9.17) is 5.11 Å². The third kappa shape index (κ3) is 2.16. The lowest BCUT2D eigenvalue weighted by molar-refractivity contribution is -0.137. The molecular weight excluding hydrogens is 252 g/mol. The molecule has 3 aromatic rings. The van der Waals surface area contributed by atoms with E-state index in [0.717, 1.165) is 21.7 Å². The number of rotatable bonds is 3. The van der Waals surface area contributed by atoms with Crippen molar-refractivity contribution in [1.82, 2.24) is 4.98 Å². The van der Waals surface area contributed by atoms with Crippen LogP contribution < -0.4 is 5.32 Å². The Bertz CT molecular complexity index is 799. The predicted molar refractivity (Wildman–Crippen MR) is 80.0 cm³/mol. The Hall–Kier alpha value is -2.62. The van der Waals surface area contributed by atoms with Gasteiger partial charge in [0.1, 0.15) is 11.9 Å². The predicted octanol–water partition coefficient (Wildman–Crippen LogP) is 3.27. The molecule has 0 saturated heterocycles. The van der Waals surface area contributed by atoms with Crippen LogP contribution in [-0.4, -0.2) is 22.1 Å². The Morgan fingerprint density at radius 2 is 1.80 bits per heavy atom. The molecule has 20 heavy (non-hydrogen) atoms. The Labute approximate surface area is 116 Å². The number of fused-ring (bicyclic) bond motifs is 3. The van der Waals surface area contributed by atoms with Crippen LogP contribution in [0.5, 0.6) is 0 Å². The Morgan fingerprint density at radius 3 is 2.60 bits per heavy atom. The summed E-state index contributed by atoms with van der Waals surface area (Å²) in [6, 6.07) is 15.2. The third-order valence-corrected chi connectivity index (χ3v) is 3.32. The number of nitrogens with zero attached hydrogens (tertiary/aromatic N) is 1. The molecule has 0 aliphatic heterocycles. The fraction of sp³-hybridized carbons (Fsp3) is 0.125. The molecule has 0 spiro atoms. The largest absolute Gasteiger partial charge is 0.480 e. The van der Waals surface area contributed by atoms with Gasteiger partial charge in [-0.2, -0.15) is 0 Å². The van der Waals surface area contributed by atoms with Crippen LogP contribution in [0.15, 0.2) is 48.5 Å². The zero-order chi connectivity index (χ0) is 14.1. The van der Waals surface area contributed by atoms with Crippen LogP contribution >= 0.6 is 0 Å². The van der Waals surface area contributed by atoms with Gasteiger partial charge in [0.2, 0.25) is 0 Å². The molecule has 0 fully saturated rings. The molecular formula is C16H14N2O2. The molecule has 0 saturated carbocycles. The zero-order valence-electron chi connectivity index (χ0n) is 11.0. The van der Waals surface area contributed by atoms with Crippen LogP contribution in [-0.2, 0) is 4.79 Å². The summed E-state index contributed by atoms with van der Waals surface area (Å²) in [4.78, 5) is 15.4. The summed E-state index contributed by atoms with van der Waals surface area (Å²) in [5, 5.41) is 15.1. The summed E-state index contributed by atoms with van der Waals surface area (Å²) < 4.78 is 0. The minimum Gasteiger partial charge on any atom is -0.480 e. The highest BCUT2D eigenvalue weighted by atomic mass is 16.4. The average Bonchev–Trinajstić information content (AvgIpc) is 2.47. The number of aromatic nitrogens is 1. The normalized spacial score (nSPS) is 12.4. The summed E-state index contributed by atoms with van der Waals surface area (Å²) in [6.45, 7) is 1.59. The number of carboxylic acids is 1. The van der Waals surface area contributed by atoms with Gasteiger partial charge in [-0.05, 0) is 24.4 Å². The Kier molecular flexibility index (Phi) is 2.99. The minimum absolute atomic E-state index is 0.573. The SMILES string of the molecule is C[C@H](Nc1ccc2ccc3ccccc3c2n1)C(=O)O. The molecule has 2 N–H and O–H groups in total. The molecule has 0 unspecified atom stereocenters. The first-order chi connectivity index (χ1) is 9.65. The second-order valence-corrected chi connectivity index (χ2v) is 4.76. The van der Waals surface area contributed by atoms with Gasteiger partial charge in [0.25, 0.3) is 0 Å². The van der Waals surface area contributed by atoms with Crippen molar-refractivity contribution in [3.05, 3.63) is 48.5 Å². The molecule has 1 heterocycles. The van der Waals surface area contributed by atoms with E-state index in [1.165, 1.54) is 0 Å². The molecule has 2 aromatic carbocycles. The van der Waals surface area contributed by atoms with Crippen LogP contribution in [0.2, 0.25) is 0 Å². The van der Waals surface area contributed by atoms with Gasteiger partial charge in [-0.25, -0.2) is 4.98 Å². The van der Waals surface area contributed by atoms with E-state index >= 15 is 0 Å². The zero-order valence-corrected chi connectivity index (χ0v) is 11.0. The monoisotopic (exact) mass is 266 g/mol. The summed E-state index contributed by atoms with van der Waals surface area (Å²) in [7, 11) is 0. The number of carbonyl (C=O) groups is 1. The van der Waals surface area contributed by atoms with Gasteiger partial charge in [0.05, 0.1) is 5.52 Å². The van der Waals surface area contributed by atoms with Crippen molar-refractivity contribution in [3.63, 3.8) is 0 Å². The van der Waals surface area contributed by atoms with E-state index in [0.29, 0.717) is 5.82 Å². The highest BCUT2D eigenvalue weighted by Crippen LogP contribution is 2.25. The van der Waals surface area contributed by atoms with Crippen LogP contribution in [0.25, 0.3) is 21.7 Å². The van der Waals surface area contributed by atoms with Gasteiger partial charge in [-0.15, -0.1) is 0 Å². The molecule has 0 bridgehead atoms. The molecule has 0 amide bonds. The first-order valence-corrected chi connectivity index (χ1v) is 6.43. The van der Waals surface area contributed by atoms with Gasteiger partial charge in [-0.3, -0.25) is 4.79 Å². The summed E-state index contributed by atoms with van der Waals surface area (Å²) in [5.74, 6) is -0.325. The lowest BCUT2D eigenvalue weighted by Crippen LogP contribution is -2.25. The summed E-state index contributed by atoms with van der Waals surface area (Å²) in [5.41, 5.74) is 0.880. The maximum Gasteiger partial charge on any atom is 0.325 e. The van der Waals surface area contributed by atoms with E-state index in [1.807, 2.05) is 36.4 Å². The molecule has 3 rings (SSSR count). The molecule has 4 heteroatoms. The molecule has 0 aliphatic rings. The number of hydrogen-bond acceptors (Lipinski definition) is 3. The van der Waals surface area contributed by atoms with Crippen molar-refractivity contribution < 1.29 is 9.90 Å². The number of carboxylic acid groups (broad SMARTS) is 1. The standard InChI is InChI=1S/C16H14N2O2/c1-10(16(19)20)17-14-9-8-12-7-6-11-4-2-3-5-13(11)15(12)18-14/h2-10H,1H3,(H,17,18)(H,19,20)/t10-/m0/s1. The van der Waals surface area contributed by atoms with Crippen molar-refractivity contribution in [2.24, 2.45) is 0 Å². The fourth-order valence-corrected chi connectivity index (χ4v) is 2.22. The molecule has 4 nitrogen and oxygen atoms in total. The maximum absolute atomic E-state index is 10.9. The number of benzene rings is 2. The van der Waals surface area contributed by atoms with Gasteiger partial charge in [0.15, 0.2) is 0 Å². The van der Waals surface area contributed by atoms with Crippen molar-refractivity contribution in [2.45, 2.75) is 13.0 Å². The number of nitrogens with one attached hydrogen (secondary N) is 1. The highest BCUT2D eigenvalue weighted by molar-refractivity contribution is 6.05. The Morgan fingerprint density at radius 1 is 1.10 bits per heavy atom. The van der Waals surface area contributed by atoms with Gasteiger partial charge in [0, 0.05) is 10.8 Å². The number of anilines is 1. The first kappa shape index (κ1) is 12.4. The van der Waals surface area contributed by atoms with Gasteiger partial charge < -0.3 is 10.4 Å². The minimum atomic E-state index is -0.898. The second kappa shape index (κ2) is 4.81. The molecule has 1 atom stereocenters. The Balaban J connectivity index is 2.13. The van der Waals surface area contributed by atoms with E-state index < -0.39 is 12.0 Å². The van der Waals surface area contributed by atoms with Crippen LogP contribution in [0.1, 0.15) is 6.92 Å². The van der Waals surface area contributed by atoms with Gasteiger partial charge in [-0.1, -0.05) is 36.4 Å². The van der Waals surface area contributed by atoms with Crippen molar-refractivity contribution >= 4 is 33.5 Å². The fourth-order valence-electron chi connectivity index (χ4n) is 2.22. The summed E-state index contributed by atoms with van der Waals surface area (Å²) >= 11 is 0. The lowest BCUT2D eigenvalue weighted by Gasteiger charge is -2.11. The number of pyridine rings is 1. The summed E-state index contributed by atoms with van der Waals surface area (Å²) in [6.07, 6.45) is 0. The molecule has 100 valence electrons. The quantitative estimate of drug-likeness (QED) is 0.714. The van der Waals surface area contributed by atoms with E-state index in [2.05, 4.69) is 16.4 Å². The molecule has 0 radical (unpaired) electrons. The van der Waals surface area contributed by atoms with Crippen LogP contribution in [0, 0.1) is 0 Å². The smallest absolute Gasteiger partial charge is 0.325 e. The molecule has 0 aliphatic carbocycles. The maximum atomic E-state index is 10.9. The van der Waals surface area contributed by atoms with Crippen molar-refractivity contribution in [1.29, 1.82) is 0 Å². The lowest BCUT2D eigenvalue weighted by atomic mass is 10.1. The number of aliphatic carboxylic acids is 1. The van der Waals surface area contributed by atoms with Crippen molar-refractivity contribution in [3.8, 4) is 0 Å². The van der Waals surface area contributed by atoms with E-state index in [1.54, 1.807) is 13.0 Å².